The van der Waals surface area contributed by atoms with Crippen molar-refractivity contribution < 1.29 is 4.79 Å². The van der Waals surface area contributed by atoms with Crippen LogP contribution in [0.4, 0.5) is 0 Å². The van der Waals surface area contributed by atoms with Crippen LogP contribution in [0.3, 0.4) is 0 Å². The Balaban J connectivity index is 2.13. The van der Waals surface area contributed by atoms with Crippen molar-refractivity contribution in [1.82, 2.24) is 15.3 Å². The van der Waals surface area contributed by atoms with E-state index >= 15 is 0 Å². The number of pyridine rings is 2. The second kappa shape index (κ2) is 5.91. The van der Waals surface area contributed by atoms with Crippen molar-refractivity contribution in [3.8, 4) is 11.4 Å². The Bertz CT molecular complexity index is 526. The number of hydrogen-bond donors (Lipinski definition) is 1. The molecule has 0 aliphatic heterocycles. The lowest BCUT2D eigenvalue weighted by Crippen LogP contribution is -2.21. The summed E-state index contributed by atoms with van der Waals surface area (Å²) in [6, 6.07) is 9.54. The van der Waals surface area contributed by atoms with Crippen LogP contribution in [0.1, 0.15) is 18.9 Å². The topological polar surface area (TPSA) is 54.9 Å². The number of nitrogens with zero attached hydrogens (tertiary/aromatic N) is 2. The van der Waals surface area contributed by atoms with Crippen LogP contribution in [0.5, 0.6) is 0 Å². The van der Waals surface area contributed by atoms with E-state index in [1.165, 1.54) is 0 Å². The average Bonchev–Trinajstić information content (AvgIpc) is 2.46. The maximum absolute atomic E-state index is 11.2. The summed E-state index contributed by atoms with van der Waals surface area (Å²) in [5.74, 6) is 0.0474. The van der Waals surface area contributed by atoms with Crippen LogP contribution in [0.25, 0.3) is 11.4 Å². The van der Waals surface area contributed by atoms with Gasteiger partial charge in [0.2, 0.25) is 5.91 Å². The summed E-state index contributed by atoms with van der Waals surface area (Å²) < 4.78 is 0. The number of carbonyl (C=O) groups excluding carboxylic acids is 1. The largest absolute Gasteiger partial charge is 0.352 e. The Morgan fingerprint density at radius 3 is 2.72 bits per heavy atom. The summed E-state index contributed by atoms with van der Waals surface area (Å²) in [7, 11) is 0. The van der Waals surface area contributed by atoms with Gasteiger partial charge in [-0.15, -0.1) is 0 Å². The van der Waals surface area contributed by atoms with Crippen molar-refractivity contribution in [2.75, 3.05) is 0 Å². The minimum absolute atomic E-state index is 0.0474. The number of hydrogen-bond acceptors (Lipinski definition) is 3. The van der Waals surface area contributed by atoms with E-state index in [0.29, 0.717) is 13.0 Å². The molecule has 0 radical (unpaired) electrons. The minimum Gasteiger partial charge on any atom is -0.352 e. The molecule has 1 N–H and O–H groups in total. The molecule has 2 aromatic rings. The van der Waals surface area contributed by atoms with Gasteiger partial charge in [0.1, 0.15) is 0 Å². The number of rotatable bonds is 4. The lowest BCUT2D eigenvalue weighted by atomic mass is 10.2. The zero-order chi connectivity index (χ0) is 12.8. The predicted molar refractivity (Wildman–Crippen MR) is 69.6 cm³/mol. The third-order valence-corrected chi connectivity index (χ3v) is 2.56. The molecule has 2 rings (SSSR count). The van der Waals surface area contributed by atoms with Crippen molar-refractivity contribution in [3.05, 3.63) is 48.3 Å². The molecule has 2 heterocycles. The highest BCUT2D eigenvalue weighted by Gasteiger charge is 2.02. The number of carbonyl (C=O) groups is 1. The van der Waals surface area contributed by atoms with Gasteiger partial charge in [-0.3, -0.25) is 14.8 Å². The molecule has 1 amide bonds. The van der Waals surface area contributed by atoms with Crippen molar-refractivity contribution in [2.45, 2.75) is 19.9 Å². The van der Waals surface area contributed by atoms with E-state index in [1.54, 1.807) is 12.4 Å². The average molecular weight is 241 g/mol. The summed E-state index contributed by atoms with van der Waals surface area (Å²) in [6.45, 7) is 2.36. The standard InChI is InChI=1S/C14H15N3O/c1-2-14(18)17-10-11-6-8-16-13(9-11)12-5-3-4-7-15-12/h3-9H,2,10H2,1H3,(H,17,18). The molecule has 4 heteroatoms. The summed E-state index contributed by atoms with van der Waals surface area (Å²) in [4.78, 5) is 19.7. The summed E-state index contributed by atoms with van der Waals surface area (Å²) >= 11 is 0. The molecule has 0 saturated carbocycles. The highest BCUT2D eigenvalue weighted by Crippen LogP contribution is 2.14. The zero-order valence-electron chi connectivity index (χ0n) is 10.3. The zero-order valence-corrected chi connectivity index (χ0v) is 10.3. The fraction of sp³-hybridized carbons (Fsp3) is 0.214. The molecule has 0 unspecified atom stereocenters. The van der Waals surface area contributed by atoms with Gasteiger partial charge in [0.05, 0.1) is 11.4 Å². The molecular formula is C14H15N3O. The lowest BCUT2D eigenvalue weighted by Gasteiger charge is -2.05. The molecule has 92 valence electrons. The molecular weight excluding hydrogens is 226 g/mol. The Morgan fingerprint density at radius 1 is 1.17 bits per heavy atom. The molecule has 0 saturated heterocycles. The van der Waals surface area contributed by atoms with Gasteiger partial charge >= 0.3 is 0 Å². The van der Waals surface area contributed by atoms with Gasteiger partial charge in [0, 0.05) is 25.4 Å². The molecule has 18 heavy (non-hydrogen) atoms. The summed E-state index contributed by atoms with van der Waals surface area (Å²) in [6.07, 6.45) is 3.97. The van der Waals surface area contributed by atoms with Gasteiger partial charge in [0.15, 0.2) is 0 Å². The monoisotopic (exact) mass is 241 g/mol. The Kier molecular flexibility index (Phi) is 4.02. The fourth-order valence-corrected chi connectivity index (χ4v) is 1.56. The first-order chi connectivity index (χ1) is 8.79. The highest BCUT2D eigenvalue weighted by atomic mass is 16.1. The van der Waals surface area contributed by atoms with Crippen molar-refractivity contribution in [3.63, 3.8) is 0 Å². The highest BCUT2D eigenvalue weighted by molar-refractivity contribution is 5.75. The van der Waals surface area contributed by atoms with Gasteiger partial charge in [-0.25, -0.2) is 0 Å². The Morgan fingerprint density at radius 2 is 2.00 bits per heavy atom. The maximum atomic E-state index is 11.2. The summed E-state index contributed by atoms with van der Waals surface area (Å²) in [5, 5.41) is 2.84. The van der Waals surface area contributed by atoms with Crippen LogP contribution in [-0.4, -0.2) is 15.9 Å². The van der Waals surface area contributed by atoms with E-state index < -0.39 is 0 Å². The first-order valence-corrected chi connectivity index (χ1v) is 5.92. The second-order valence-corrected chi connectivity index (χ2v) is 3.89. The Hall–Kier alpha value is -2.23. The molecule has 0 atom stereocenters. The van der Waals surface area contributed by atoms with Crippen LogP contribution in [0.2, 0.25) is 0 Å². The molecule has 0 aliphatic carbocycles. The van der Waals surface area contributed by atoms with E-state index in [4.69, 9.17) is 0 Å². The number of amides is 1. The van der Waals surface area contributed by atoms with Gasteiger partial charge in [-0.2, -0.15) is 0 Å². The second-order valence-electron chi connectivity index (χ2n) is 3.89. The van der Waals surface area contributed by atoms with Gasteiger partial charge in [-0.1, -0.05) is 13.0 Å². The van der Waals surface area contributed by atoms with E-state index in [-0.39, 0.29) is 5.91 Å². The van der Waals surface area contributed by atoms with E-state index in [0.717, 1.165) is 17.0 Å². The van der Waals surface area contributed by atoms with Crippen molar-refractivity contribution in [2.24, 2.45) is 0 Å². The molecule has 2 aromatic heterocycles. The molecule has 0 spiro atoms. The van der Waals surface area contributed by atoms with Crippen LogP contribution >= 0.6 is 0 Å². The van der Waals surface area contributed by atoms with Gasteiger partial charge in [-0.05, 0) is 29.8 Å². The van der Waals surface area contributed by atoms with Crippen molar-refractivity contribution >= 4 is 5.91 Å². The summed E-state index contributed by atoms with van der Waals surface area (Å²) in [5.41, 5.74) is 2.67. The van der Waals surface area contributed by atoms with Gasteiger partial charge < -0.3 is 5.32 Å². The quantitative estimate of drug-likeness (QED) is 0.892. The van der Waals surface area contributed by atoms with Crippen LogP contribution in [0.15, 0.2) is 42.7 Å². The van der Waals surface area contributed by atoms with E-state index in [1.807, 2.05) is 37.3 Å². The van der Waals surface area contributed by atoms with Crippen molar-refractivity contribution in [1.29, 1.82) is 0 Å². The van der Waals surface area contributed by atoms with Crippen LogP contribution in [-0.2, 0) is 11.3 Å². The molecule has 0 fully saturated rings. The molecule has 0 aromatic carbocycles. The smallest absolute Gasteiger partial charge is 0.219 e. The third-order valence-electron chi connectivity index (χ3n) is 2.56. The minimum atomic E-state index is 0.0474. The number of nitrogens with one attached hydrogen (secondary N) is 1. The van der Waals surface area contributed by atoms with E-state index in [9.17, 15) is 4.79 Å². The predicted octanol–water partition coefficient (Wildman–Crippen LogP) is 2.17. The molecule has 0 aliphatic rings. The first-order valence-electron chi connectivity index (χ1n) is 5.92. The third kappa shape index (κ3) is 3.13. The molecule has 4 nitrogen and oxygen atoms in total. The normalized spacial score (nSPS) is 10.1. The lowest BCUT2D eigenvalue weighted by molar-refractivity contribution is -0.120. The first kappa shape index (κ1) is 12.2. The molecule has 0 bridgehead atoms. The number of aromatic nitrogens is 2. The van der Waals surface area contributed by atoms with Crippen LogP contribution < -0.4 is 5.32 Å². The van der Waals surface area contributed by atoms with Crippen LogP contribution in [0, 0.1) is 0 Å². The Labute approximate surface area is 106 Å². The fourth-order valence-electron chi connectivity index (χ4n) is 1.56. The van der Waals surface area contributed by atoms with E-state index in [2.05, 4.69) is 15.3 Å². The SMILES string of the molecule is CCC(=O)NCc1ccnc(-c2ccccn2)c1. The van der Waals surface area contributed by atoms with Gasteiger partial charge in [0.25, 0.3) is 0 Å². The maximum Gasteiger partial charge on any atom is 0.219 e.